The van der Waals surface area contributed by atoms with E-state index < -0.39 is 28.8 Å². The van der Waals surface area contributed by atoms with Gasteiger partial charge < -0.3 is 10.3 Å². The Morgan fingerprint density at radius 3 is 2.48 bits per heavy atom. The van der Waals surface area contributed by atoms with E-state index in [0.29, 0.717) is 23.1 Å². The van der Waals surface area contributed by atoms with Gasteiger partial charge in [0.1, 0.15) is 6.54 Å². The maximum atomic E-state index is 12.6. The number of alkyl halides is 3. The second-order valence-electron chi connectivity index (χ2n) is 4.90. The molecule has 21 heavy (non-hydrogen) atoms. The topological polar surface area (TPSA) is 65.2 Å². The van der Waals surface area contributed by atoms with Crippen molar-refractivity contribution in [3.05, 3.63) is 18.0 Å². The fourth-order valence-electron chi connectivity index (χ4n) is 1.79. The van der Waals surface area contributed by atoms with Gasteiger partial charge in [-0.05, 0) is 26.5 Å². The minimum Gasteiger partial charge on any atom is -0.363 e. The molecule has 1 heterocycles. The summed E-state index contributed by atoms with van der Waals surface area (Å²) in [5, 5.41) is 3.00. The predicted molar refractivity (Wildman–Crippen MR) is 73.3 cm³/mol. The molecule has 2 N–H and O–H groups in total. The molecule has 1 aromatic heterocycles. The summed E-state index contributed by atoms with van der Waals surface area (Å²) in [6, 6.07) is 0.563. The number of halogens is 3. The van der Waals surface area contributed by atoms with Gasteiger partial charge >= 0.3 is 6.18 Å². The van der Waals surface area contributed by atoms with E-state index in [4.69, 9.17) is 0 Å². The van der Waals surface area contributed by atoms with Crippen molar-refractivity contribution >= 4 is 10.0 Å². The number of hydrogen-bond acceptors (Lipinski definition) is 3. The number of aromatic amines is 1. The Kier molecular flexibility index (Phi) is 5.83. The first-order chi connectivity index (χ1) is 9.58. The number of rotatable bonds is 7. The Bertz CT molecular complexity index is 552. The molecule has 0 aliphatic heterocycles. The fraction of sp³-hybridized carbons (Fsp3) is 0.667. The van der Waals surface area contributed by atoms with Crippen LogP contribution in [-0.4, -0.2) is 43.0 Å². The molecule has 0 radical (unpaired) electrons. The van der Waals surface area contributed by atoms with Crippen molar-refractivity contribution in [3.8, 4) is 0 Å². The lowest BCUT2D eigenvalue weighted by Gasteiger charge is -2.26. The molecule has 0 spiro atoms. The Labute approximate surface area is 122 Å². The van der Waals surface area contributed by atoms with Gasteiger partial charge in [-0.1, -0.05) is 6.92 Å². The van der Waals surface area contributed by atoms with Gasteiger partial charge in [-0.3, -0.25) is 0 Å². The molecule has 0 aliphatic rings. The first-order valence-corrected chi connectivity index (χ1v) is 7.98. The molecule has 0 aromatic carbocycles. The SMILES string of the molecule is CCNCc1cc(S(=O)(=O)N(CC(F)(F)F)C(C)C)c[nH]1. The average Bonchev–Trinajstić information content (AvgIpc) is 2.81. The molecule has 0 saturated heterocycles. The monoisotopic (exact) mass is 327 g/mol. The number of sulfonamides is 1. The summed E-state index contributed by atoms with van der Waals surface area (Å²) in [4.78, 5) is 2.59. The maximum absolute atomic E-state index is 12.6. The normalized spacial score (nSPS) is 13.3. The molecule has 0 amide bonds. The van der Waals surface area contributed by atoms with Crippen LogP contribution in [0.4, 0.5) is 13.2 Å². The highest BCUT2D eigenvalue weighted by Gasteiger charge is 2.38. The van der Waals surface area contributed by atoms with Crippen LogP contribution in [-0.2, 0) is 16.6 Å². The van der Waals surface area contributed by atoms with Crippen molar-refractivity contribution in [1.29, 1.82) is 0 Å². The maximum Gasteiger partial charge on any atom is 0.402 e. The summed E-state index contributed by atoms with van der Waals surface area (Å²) in [5.41, 5.74) is 0.603. The summed E-state index contributed by atoms with van der Waals surface area (Å²) >= 11 is 0. The van der Waals surface area contributed by atoms with Crippen LogP contribution < -0.4 is 5.32 Å². The lowest BCUT2D eigenvalue weighted by Crippen LogP contribution is -2.43. The molecule has 9 heteroatoms. The number of hydrogen-bond donors (Lipinski definition) is 2. The van der Waals surface area contributed by atoms with Crippen LogP contribution in [0.3, 0.4) is 0 Å². The Morgan fingerprint density at radius 1 is 1.38 bits per heavy atom. The largest absolute Gasteiger partial charge is 0.402 e. The van der Waals surface area contributed by atoms with E-state index in [1.807, 2.05) is 6.92 Å². The van der Waals surface area contributed by atoms with E-state index in [-0.39, 0.29) is 4.90 Å². The molecular formula is C12H20F3N3O2S. The third-order valence-corrected chi connectivity index (χ3v) is 4.80. The van der Waals surface area contributed by atoms with Gasteiger partial charge in [0.05, 0.1) is 4.90 Å². The third kappa shape index (κ3) is 5.01. The van der Waals surface area contributed by atoms with Crippen LogP contribution in [0.2, 0.25) is 0 Å². The molecule has 5 nitrogen and oxygen atoms in total. The summed E-state index contributed by atoms with van der Waals surface area (Å²) in [6.45, 7) is 4.34. The van der Waals surface area contributed by atoms with Crippen LogP contribution in [0, 0.1) is 0 Å². The van der Waals surface area contributed by atoms with Crippen molar-refractivity contribution in [2.45, 2.75) is 44.4 Å². The minimum absolute atomic E-state index is 0.159. The molecule has 122 valence electrons. The van der Waals surface area contributed by atoms with E-state index in [1.165, 1.54) is 26.1 Å². The van der Waals surface area contributed by atoms with Crippen LogP contribution in [0.1, 0.15) is 26.5 Å². The predicted octanol–water partition coefficient (Wildman–Crippen LogP) is 2.09. The fourth-order valence-corrected chi connectivity index (χ4v) is 3.43. The molecule has 0 saturated carbocycles. The minimum atomic E-state index is -4.58. The van der Waals surface area contributed by atoms with Crippen LogP contribution in [0.5, 0.6) is 0 Å². The molecule has 0 atom stereocenters. The standard InChI is InChI=1S/C12H20F3N3O2S/c1-4-16-6-10-5-11(7-17-10)21(19,20)18(9(2)3)8-12(13,14)15/h5,7,9,16-17H,4,6,8H2,1-3H3. The van der Waals surface area contributed by atoms with E-state index in [0.717, 1.165) is 0 Å². The second-order valence-corrected chi connectivity index (χ2v) is 6.79. The number of H-pyrrole nitrogens is 1. The summed E-state index contributed by atoms with van der Waals surface area (Å²) < 4.78 is 62.8. The highest BCUT2D eigenvalue weighted by atomic mass is 32.2. The number of nitrogens with zero attached hydrogens (tertiary/aromatic N) is 1. The van der Waals surface area contributed by atoms with Gasteiger partial charge in [0, 0.05) is 24.5 Å². The zero-order valence-electron chi connectivity index (χ0n) is 12.2. The van der Waals surface area contributed by atoms with Gasteiger partial charge in [0.2, 0.25) is 10.0 Å². The molecule has 0 aliphatic carbocycles. The van der Waals surface area contributed by atoms with E-state index in [9.17, 15) is 21.6 Å². The van der Waals surface area contributed by atoms with Gasteiger partial charge in [-0.15, -0.1) is 0 Å². The summed E-state index contributed by atoms with van der Waals surface area (Å²) in [6.07, 6.45) is -3.37. The lowest BCUT2D eigenvalue weighted by molar-refractivity contribution is -0.138. The van der Waals surface area contributed by atoms with E-state index in [2.05, 4.69) is 10.3 Å². The molecule has 0 bridgehead atoms. The molecular weight excluding hydrogens is 307 g/mol. The highest BCUT2D eigenvalue weighted by Crippen LogP contribution is 2.25. The second kappa shape index (κ2) is 6.80. The first kappa shape index (κ1) is 18.0. The zero-order valence-corrected chi connectivity index (χ0v) is 13.0. The van der Waals surface area contributed by atoms with Gasteiger partial charge in [0.15, 0.2) is 0 Å². The van der Waals surface area contributed by atoms with Crippen molar-refractivity contribution in [2.24, 2.45) is 0 Å². The van der Waals surface area contributed by atoms with Crippen molar-refractivity contribution < 1.29 is 21.6 Å². The van der Waals surface area contributed by atoms with Gasteiger partial charge in [-0.2, -0.15) is 17.5 Å². The molecule has 1 rings (SSSR count). The van der Waals surface area contributed by atoms with Crippen LogP contribution in [0.25, 0.3) is 0 Å². The number of nitrogens with one attached hydrogen (secondary N) is 2. The summed E-state index contributed by atoms with van der Waals surface area (Å²) in [5.74, 6) is 0. The first-order valence-electron chi connectivity index (χ1n) is 6.54. The lowest BCUT2D eigenvalue weighted by atomic mass is 10.4. The van der Waals surface area contributed by atoms with Gasteiger partial charge in [0.25, 0.3) is 0 Å². The van der Waals surface area contributed by atoms with Crippen molar-refractivity contribution in [1.82, 2.24) is 14.6 Å². The Morgan fingerprint density at radius 2 is 2.00 bits per heavy atom. The molecule has 0 unspecified atom stereocenters. The number of aromatic nitrogens is 1. The van der Waals surface area contributed by atoms with Crippen molar-refractivity contribution in [2.75, 3.05) is 13.1 Å². The Hall–Kier alpha value is -1.06. The van der Waals surface area contributed by atoms with Gasteiger partial charge in [-0.25, -0.2) is 8.42 Å². The molecule has 1 aromatic rings. The van der Waals surface area contributed by atoms with Crippen LogP contribution in [0.15, 0.2) is 17.2 Å². The van der Waals surface area contributed by atoms with Crippen LogP contribution >= 0.6 is 0 Å². The third-order valence-electron chi connectivity index (χ3n) is 2.80. The summed E-state index contributed by atoms with van der Waals surface area (Å²) in [7, 11) is -4.18. The van der Waals surface area contributed by atoms with Crippen molar-refractivity contribution in [3.63, 3.8) is 0 Å². The average molecular weight is 327 g/mol. The Balaban J connectivity index is 3.03. The van der Waals surface area contributed by atoms with E-state index >= 15 is 0 Å². The van der Waals surface area contributed by atoms with E-state index in [1.54, 1.807) is 0 Å². The highest BCUT2D eigenvalue weighted by molar-refractivity contribution is 7.89. The quantitative estimate of drug-likeness (QED) is 0.806. The molecule has 0 fully saturated rings. The smallest absolute Gasteiger partial charge is 0.363 e. The zero-order chi connectivity index (χ0) is 16.3.